The zero-order chi connectivity index (χ0) is 19.5. The summed E-state index contributed by atoms with van der Waals surface area (Å²) in [5.74, 6) is 0.275. The van der Waals surface area contributed by atoms with Crippen LogP contribution in [-0.4, -0.2) is 6.17 Å². The number of hydrogen-bond donors (Lipinski definition) is 0. The Morgan fingerprint density at radius 1 is 0.741 bits per heavy atom. The Balaban J connectivity index is 1.90. The molecule has 0 aliphatic rings. The van der Waals surface area contributed by atoms with E-state index in [2.05, 4.69) is 69.3 Å². The monoisotopic (exact) mass is 368 g/mol. The third-order valence-corrected chi connectivity index (χ3v) is 5.57. The largest absolute Gasteiger partial charge is 0.247 e. The van der Waals surface area contributed by atoms with Gasteiger partial charge >= 0.3 is 0 Å². The molecule has 0 saturated heterocycles. The van der Waals surface area contributed by atoms with Crippen LogP contribution in [0.3, 0.4) is 0 Å². The van der Waals surface area contributed by atoms with E-state index < -0.39 is 6.17 Å². The summed E-state index contributed by atoms with van der Waals surface area (Å²) in [6, 6.07) is 17.7. The van der Waals surface area contributed by atoms with Crippen molar-refractivity contribution in [1.82, 2.24) is 0 Å². The third kappa shape index (κ3) is 7.48. The predicted molar refractivity (Wildman–Crippen MR) is 117 cm³/mol. The van der Waals surface area contributed by atoms with Crippen molar-refractivity contribution in [2.24, 2.45) is 0 Å². The van der Waals surface area contributed by atoms with Crippen molar-refractivity contribution >= 4 is 0 Å². The Hall–Kier alpha value is -1.63. The molecule has 0 spiro atoms. The van der Waals surface area contributed by atoms with Crippen LogP contribution in [-0.2, 0) is 6.42 Å². The summed E-state index contributed by atoms with van der Waals surface area (Å²) in [5.41, 5.74) is 5.17. The summed E-state index contributed by atoms with van der Waals surface area (Å²) in [6.45, 7) is 6.55. The minimum Gasteiger partial charge on any atom is -0.247 e. The zero-order valence-electron chi connectivity index (χ0n) is 17.5. The molecule has 0 heterocycles. The van der Waals surface area contributed by atoms with Gasteiger partial charge in [-0.05, 0) is 53.9 Å². The van der Waals surface area contributed by atoms with Crippen LogP contribution >= 0.6 is 0 Å². The van der Waals surface area contributed by atoms with Crippen LogP contribution in [0.2, 0.25) is 0 Å². The lowest BCUT2D eigenvalue weighted by Crippen LogP contribution is -2.06. The summed E-state index contributed by atoms with van der Waals surface area (Å²) in [7, 11) is 0. The fraction of sp³-hybridized carbons (Fsp3) is 0.538. The molecule has 2 rings (SSSR count). The first-order valence-electron chi connectivity index (χ1n) is 11.0. The molecule has 0 amide bonds. The van der Waals surface area contributed by atoms with Crippen LogP contribution < -0.4 is 0 Å². The molecule has 27 heavy (non-hydrogen) atoms. The van der Waals surface area contributed by atoms with Crippen molar-refractivity contribution in [1.29, 1.82) is 0 Å². The van der Waals surface area contributed by atoms with Gasteiger partial charge in [0.1, 0.15) is 6.17 Å². The molecule has 0 aromatic heterocycles. The smallest absolute Gasteiger partial charge is 0.101 e. The zero-order valence-corrected chi connectivity index (χ0v) is 17.5. The molecular weight excluding hydrogens is 331 g/mol. The van der Waals surface area contributed by atoms with Crippen molar-refractivity contribution in [3.8, 4) is 11.1 Å². The summed E-state index contributed by atoms with van der Waals surface area (Å²) in [4.78, 5) is 0. The van der Waals surface area contributed by atoms with E-state index >= 15 is 0 Å². The number of benzene rings is 2. The van der Waals surface area contributed by atoms with Gasteiger partial charge in [0, 0.05) is 0 Å². The number of halogens is 1. The van der Waals surface area contributed by atoms with Gasteiger partial charge in [-0.25, -0.2) is 4.39 Å². The Morgan fingerprint density at radius 2 is 1.30 bits per heavy atom. The van der Waals surface area contributed by atoms with Crippen molar-refractivity contribution in [3.05, 3.63) is 59.7 Å². The fourth-order valence-electron chi connectivity index (χ4n) is 3.70. The van der Waals surface area contributed by atoms with Gasteiger partial charge in [0.15, 0.2) is 0 Å². The topological polar surface area (TPSA) is 0 Å². The second kappa shape index (κ2) is 12.0. The highest BCUT2D eigenvalue weighted by Gasteiger charge is 2.13. The van der Waals surface area contributed by atoms with Gasteiger partial charge in [-0.1, -0.05) is 101 Å². The molecule has 2 aromatic rings. The van der Waals surface area contributed by atoms with Crippen molar-refractivity contribution in [2.45, 2.75) is 90.6 Å². The van der Waals surface area contributed by atoms with Gasteiger partial charge in [0.25, 0.3) is 0 Å². The highest BCUT2D eigenvalue weighted by atomic mass is 19.1. The van der Waals surface area contributed by atoms with Crippen LogP contribution in [0.4, 0.5) is 4.39 Å². The number of hydrogen-bond acceptors (Lipinski definition) is 0. The predicted octanol–water partition coefficient (Wildman–Crippen LogP) is 8.50. The molecule has 2 atom stereocenters. The molecule has 2 aromatic carbocycles. The first-order valence-corrected chi connectivity index (χ1v) is 11.0. The lowest BCUT2D eigenvalue weighted by atomic mass is 9.92. The van der Waals surface area contributed by atoms with E-state index in [0.717, 1.165) is 19.3 Å². The summed E-state index contributed by atoms with van der Waals surface area (Å²) in [6.07, 6.45) is 9.00. The number of aryl methyl sites for hydroxylation is 1. The lowest BCUT2D eigenvalue weighted by molar-refractivity contribution is 0.275. The summed E-state index contributed by atoms with van der Waals surface area (Å²) in [5, 5.41) is 0. The molecule has 0 nitrogen and oxygen atoms in total. The van der Waals surface area contributed by atoms with Crippen LogP contribution in [0.1, 0.15) is 89.2 Å². The Morgan fingerprint density at radius 3 is 1.89 bits per heavy atom. The molecule has 148 valence electrons. The van der Waals surface area contributed by atoms with E-state index in [1.807, 2.05) is 0 Å². The minimum atomic E-state index is -0.675. The van der Waals surface area contributed by atoms with E-state index in [0.29, 0.717) is 12.8 Å². The van der Waals surface area contributed by atoms with E-state index in [1.54, 1.807) is 0 Å². The number of unbranched alkanes of at least 4 members (excludes halogenated alkanes) is 4. The highest BCUT2D eigenvalue weighted by Crippen LogP contribution is 2.27. The molecule has 0 saturated carbocycles. The van der Waals surface area contributed by atoms with Crippen LogP contribution in [0.5, 0.6) is 0 Å². The summed E-state index contributed by atoms with van der Waals surface area (Å²) < 4.78 is 14.2. The Bertz CT molecular complexity index is 626. The van der Waals surface area contributed by atoms with Gasteiger partial charge in [-0.2, -0.15) is 0 Å². The highest BCUT2D eigenvalue weighted by molar-refractivity contribution is 5.64. The van der Waals surface area contributed by atoms with Crippen molar-refractivity contribution < 1.29 is 4.39 Å². The van der Waals surface area contributed by atoms with Gasteiger partial charge in [-0.15, -0.1) is 0 Å². The second-order valence-electron chi connectivity index (χ2n) is 8.01. The van der Waals surface area contributed by atoms with Gasteiger partial charge in [0.05, 0.1) is 0 Å². The molecule has 0 radical (unpaired) electrons. The average molecular weight is 369 g/mol. The van der Waals surface area contributed by atoms with Gasteiger partial charge in [-0.3, -0.25) is 0 Å². The fourth-order valence-corrected chi connectivity index (χ4v) is 3.70. The van der Waals surface area contributed by atoms with E-state index in [-0.39, 0.29) is 5.92 Å². The van der Waals surface area contributed by atoms with Crippen molar-refractivity contribution in [3.63, 3.8) is 0 Å². The molecule has 2 unspecified atom stereocenters. The normalized spacial score (nSPS) is 13.5. The molecule has 0 aliphatic carbocycles. The summed E-state index contributed by atoms with van der Waals surface area (Å²) >= 11 is 0. The standard InChI is InChI=1S/C26H37F/c1-4-6-8-10-22-12-14-24(15-13-22)25-18-16-23(17-19-25)21(3)20-26(27)11-9-7-5-2/h12-19,21,26H,4-11,20H2,1-3H3. The van der Waals surface area contributed by atoms with E-state index in [9.17, 15) is 4.39 Å². The van der Waals surface area contributed by atoms with E-state index in [4.69, 9.17) is 0 Å². The van der Waals surface area contributed by atoms with Gasteiger partial charge < -0.3 is 0 Å². The molecular formula is C26H37F. The molecule has 0 bridgehead atoms. The average Bonchev–Trinajstić information content (AvgIpc) is 2.69. The molecule has 1 heteroatoms. The first kappa shape index (κ1) is 21.7. The molecule has 0 fully saturated rings. The number of rotatable bonds is 12. The Kier molecular flexibility index (Phi) is 9.59. The quantitative estimate of drug-likeness (QED) is 0.329. The molecule has 0 aliphatic heterocycles. The maximum Gasteiger partial charge on any atom is 0.101 e. The minimum absolute atomic E-state index is 0.275. The van der Waals surface area contributed by atoms with E-state index in [1.165, 1.54) is 47.9 Å². The first-order chi connectivity index (χ1) is 13.1. The second-order valence-corrected chi connectivity index (χ2v) is 8.01. The van der Waals surface area contributed by atoms with Crippen LogP contribution in [0, 0.1) is 0 Å². The SMILES string of the molecule is CCCCCc1ccc(-c2ccc(C(C)CC(F)CCCCC)cc2)cc1. The molecule has 0 N–H and O–H groups in total. The lowest BCUT2D eigenvalue weighted by Gasteiger charge is -2.16. The van der Waals surface area contributed by atoms with Crippen LogP contribution in [0.15, 0.2) is 48.5 Å². The third-order valence-electron chi connectivity index (χ3n) is 5.57. The number of alkyl halides is 1. The maximum atomic E-state index is 14.2. The maximum absolute atomic E-state index is 14.2. The van der Waals surface area contributed by atoms with Gasteiger partial charge in [0.2, 0.25) is 0 Å². The Labute approximate surface area is 166 Å². The van der Waals surface area contributed by atoms with Crippen LogP contribution in [0.25, 0.3) is 11.1 Å². The van der Waals surface area contributed by atoms with Crippen molar-refractivity contribution in [2.75, 3.05) is 0 Å².